The Morgan fingerprint density at radius 3 is 2.25 bits per heavy atom. The second kappa shape index (κ2) is 5.84. The molecule has 0 radical (unpaired) electrons. The molecule has 2 aromatic rings. The molecule has 0 aliphatic heterocycles. The van der Waals surface area contributed by atoms with Crippen molar-refractivity contribution in [3.05, 3.63) is 64.7 Å². The van der Waals surface area contributed by atoms with Crippen molar-refractivity contribution in [1.82, 2.24) is 0 Å². The molecular weight excluding hydrogens is 268 g/mol. The van der Waals surface area contributed by atoms with Crippen LogP contribution in [0.15, 0.2) is 42.5 Å². The Kier molecular flexibility index (Phi) is 4.15. The van der Waals surface area contributed by atoms with Crippen molar-refractivity contribution in [3.8, 4) is 0 Å². The van der Waals surface area contributed by atoms with Gasteiger partial charge in [0.05, 0.1) is 0 Å². The van der Waals surface area contributed by atoms with Gasteiger partial charge in [0.25, 0.3) is 5.91 Å². The highest BCUT2D eigenvalue weighted by Crippen LogP contribution is 2.15. The van der Waals surface area contributed by atoms with Crippen LogP contribution in [0.1, 0.15) is 27.0 Å². The van der Waals surface area contributed by atoms with Crippen molar-refractivity contribution in [1.29, 1.82) is 0 Å². The zero-order valence-corrected chi connectivity index (χ0v) is 12.3. The first-order valence-corrected chi connectivity index (χ1v) is 6.66. The van der Waals surface area contributed by atoms with Crippen molar-refractivity contribution >= 4 is 28.8 Å². The minimum atomic E-state index is -0.173. The Morgan fingerprint density at radius 1 is 1.05 bits per heavy atom. The summed E-state index contributed by atoms with van der Waals surface area (Å²) in [7, 11) is 0. The minimum absolute atomic E-state index is 0.173. The van der Waals surface area contributed by atoms with Crippen molar-refractivity contribution in [2.75, 3.05) is 5.32 Å². The highest BCUT2D eigenvalue weighted by Gasteiger charge is 2.08. The van der Waals surface area contributed by atoms with E-state index in [1.54, 1.807) is 24.3 Å². The number of carbonyl (C=O) groups excluding carboxylic acids is 1. The second-order valence-corrected chi connectivity index (χ2v) is 5.22. The Balaban J connectivity index is 2.23. The van der Waals surface area contributed by atoms with Crippen LogP contribution in [0.3, 0.4) is 0 Å². The summed E-state index contributed by atoms with van der Waals surface area (Å²) in [5.74, 6) is -0.173. The summed E-state index contributed by atoms with van der Waals surface area (Å²) in [5.41, 5.74) is 9.80. The fourth-order valence-corrected chi connectivity index (χ4v) is 2.19. The van der Waals surface area contributed by atoms with E-state index < -0.39 is 0 Å². The van der Waals surface area contributed by atoms with Gasteiger partial charge in [-0.05, 0) is 49.2 Å². The summed E-state index contributed by atoms with van der Waals surface area (Å²) in [5, 5.41) is 2.88. The average molecular weight is 284 g/mol. The highest BCUT2D eigenvalue weighted by atomic mass is 32.1. The van der Waals surface area contributed by atoms with Gasteiger partial charge < -0.3 is 11.1 Å². The fraction of sp³-hybridized carbons (Fsp3) is 0.125. The molecule has 0 heterocycles. The molecule has 0 saturated heterocycles. The smallest absolute Gasteiger partial charge is 0.255 e. The third-order valence-electron chi connectivity index (χ3n) is 2.89. The van der Waals surface area contributed by atoms with E-state index in [1.807, 2.05) is 26.0 Å². The third kappa shape index (κ3) is 3.42. The largest absolute Gasteiger partial charge is 0.389 e. The van der Waals surface area contributed by atoms with Gasteiger partial charge in [0.1, 0.15) is 4.99 Å². The van der Waals surface area contributed by atoms with E-state index in [-0.39, 0.29) is 10.9 Å². The van der Waals surface area contributed by atoms with Gasteiger partial charge in [-0.2, -0.15) is 0 Å². The lowest BCUT2D eigenvalue weighted by atomic mass is 10.1. The third-order valence-corrected chi connectivity index (χ3v) is 3.12. The van der Waals surface area contributed by atoms with Gasteiger partial charge in [-0.15, -0.1) is 0 Å². The number of rotatable bonds is 3. The van der Waals surface area contributed by atoms with E-state index in [0.717, 1.165) is 16.8 Å². The average Bonchev–Trinajstić information content (AvgIpc) is 2.37. The first-order valence-electron chi connectivity index (χ1n) is 6.25. The number of anilines is 1. The number of aryl methyl sites for hydroxylation is 2. The maximum Gasteiger partial charge on any atom is 0.255 e. The lowest BCUT2D eigenvalue weighted by molar-refractivity contribution is 0.102. The van der Waals surface area contributed by atoms with Gasteiger partial charge in [0, 0.05) is 16.8 Å². The first-order chi connectivity index (χ1) is 9.45. The van der Waals surface area contributed by atoms with E-state index in [1.165, 1.54) is 0 Å². The number of hydrogen-bond donors (Lipinski definition) is 2. The highest BCUT2D eigenvalue weighted by molar-refractivity contribution is 7.80. The lowest BCUT2D eigenvalue weighted by Gasteiger charge is -2.08. The van der Waals surface area contributed by atoms with E-state index in [4.69, 9.17) is 18.0 Å². The molecule has 0 aliphatic carbocycles. The van der Waals surface area contributed by atoms with Gasteiger partial charge in [-0.1, -0.05) is 30.4 Å². The maximum absolute atomic E-state index is 12.2. The predicted molar refractivity (Wildman–Crippen MR) is 86.2 cm³/mol. The number of amides is 1. The van der Waals surface area contributed by atoms with Crippen LogP contribution < -0.4 is 11.1 Å². The molecule has 3 N–H and O–H groups in total. The van der Waals surface area contributed by atoms with Gasteiger partial charge in [-0.3, -0.25) is 4.79 Å². The summed E-state index contributed by atoms with van der Waals surface area (Å²) < 4.78 is 0. The van der Waals surface area contributed by atoms with Gasteiger partial charge in [0.2, 0.25) is 0 Å². The topological polar surface area (TPSA) is 55.1 Å². The van der Waals surface area contributed by atoms with Crippen LogP contribution in [-0.2, 0) is 0 Å². The molecule has 0 saturated carbocycles. The molecule has 102 valence electrons. The molecule has 0 unspecified atom stereocenters. The Bertz CT molecular complexity index is 660. The minimum Gasteiger partial charge on any atom is -0.389 e. The predicted octanol–water partition coefficient (Wildman–Crippen LogP) is 3.19. The molecule has 0 atom stereocenters. The summed E-state index contributed by atoms with van der Waals surface area (Å²) in [6.07, 6.45) is 0. The number of nitrogens with one attached hydrogen (secondary N) is 1. The maximum atomic E-state index is 12.2. The molecule has 0 aliphatic rings. The molecule has 4 heteroatoms. The molecular formula is C16H16N2OS. The summed E-state index contributed by atoms with van der Waals surface area (Å²) in [6.45, 7) is 3.99. The van der Waals surface area contributed by atoms with Gasteiger partial charge in [0.15, 0.2) is 0 Å². The quantitative estimate of drug-likeness (QED) is 0.851. The SMILES string of the molecule is Cc1cc(C)cc(NC(=O)c2cccc(C(N)=S)c2)c1. The molecule has 0 bridgehead atoms. The fourth-order valence-electron chi connectivity index (χ4n) is 2.06. The second-order valence-electron chi connectivity index (χ2n) is 4.78. The molecule has 3 nitrogen and oxygen atoms in total. The van der Waals surface area contributed by atoms with Crippen LogP contribution in [0.2, 0.25) is 0 Å². The van der Waals surface area contributed by atoms with Crippen molar-refractivity contribution in [3.63, 3.8) is 0 Å². The van der Waals surface area contributed by atoms with Crippen LogP contribution in [0.5, 0.6) is 0 Å². The zero-order valence-electron chi connectivity index (χ0n) is 11.4. The Hall–Kier alpha value is -2.20. The molecule has 0 fully saturated rings. The molecule has 20 heavy (non-hydrogen) atoms. The van der Waals surface area contributed by atoms with Crippen molar-refractivity contribution in [2.24, 2.45) is 5.73 Å². The molecule has 1 amide bonds. The Morgan fingerprint density at radius 2 is 1.65 bits per heavy atom. The standard InChI is InChI=1S/C16H16N2OS/c1-10-6-11(2)8-14(7-10)18-16(19)13-5-3-4-12(9-13)15(17)20/h3-9H,1-2H3,(H2,17,20)(H,18,19). The van der Waals surface area contributed by atoms with E-state index in [2.05, 4.69) is 11.4 Å². The Labute approximate surface area is 123 Å². The monoisotopic (exact) mass is 284 g/mol. The van der Waals surface area contributed by atoms with Gasteiger partial charge >= 0.3 is 0 Å². The summed E-state index contributed by atoms with van der Waals surface area (Å²) in [4.78, 5) is 12.5. The number of nitrogens with two attached hydrogens (primary N) is 1. The summed E-state index contributed by atoms with van der Waals surface area (Å²) >= 11 is 4.92. The lowest BCUT2D eigenvalue weighted by Crippen LogP contribution is -2.14. The normalized spacial score (nSPS) is 10.1. The van der Waals surface area contributed by atoms with Gasteiger partial charge in [-0.25, -0.2) is 0 Å². The number of carbonyl (C=O) groups is 1. The number of benzene rings is 2. The number of thiocarbonyl (C=S) groups is 1. The summed E-state index contributed by atoms with van der Waals surface area (Å²) in [6, 6.07) is 12.9. The molecule has 2 rings (SSSR count). The molecule has 0 spiro atoms. The zero-order chi connectivity index (χ0) is 14.7. The molecule has 2 aromatic carbocycles. The number of hydrogen-bond acceptors (Lipinski definition) is 2. The van der Waals surface area contributed by atoms with E-state index >= 15 is 0 Å². The van der Waals surface area contributed by atoms with Crippen molar-refractivity contribution < 1.29 is 4.79 Å². The van der Waals surface area contributed by atoms with Crippen LogP contribution in [0, 0.1) is 13.8 Å². The van der Waals surface area contributed by atoms with E-state index in [9.17, 15) is 4.79 Å². The van der Waals surface area contributed by atoms with Crippen LogP contribution >= 0.6 is 12.2 Å². The van der Waals surface area contributed by atoms with Crippen LogP contribution in [-0.4, -0.2) is 10.9 Å². The van der Waals surface area contributed by atoms with E-state index in [0.29, 0.717) is 11.1 Å². The van der Waals surface area contributed by atoms with Crippen molar-refractivity contribution in [2.45, 2.75) is 13.8 Å². The molecule has 0 aromatic heterocycles. The first kappa shape index (κ1) is 14.2. The van der Waals surface area contributed by atoms with Crippen LogP contribution in [0.25, 0.3) is 0 Å². The van der Waals surface area contributed by atoms with Crippen LogP contribution in [0.4, 0.5) is 5.69 Å².